The molecule has 0 aliphatic heterocycles. The van der Waals surface area contributed by atoms with E-state index in [9.17, 15) is 23.2 Å². The summed E-state index contributed by atoms with van der Waals surface area (Å²) in [5, 5.41) is -0.0764. The average molecular weight is 449 g/mol. The van der Waals surface area contributed by atoms with Crippen molar-refractivity contribution < 1.29 is 32.6 Å². The van der Waals surface area contributed by atoms with Crippen LogP contribution in [0.4, 0.5) is 8.78 Å². The molecule has 0 N–H and O–H groups in total. The number of halogens is 4. The van der Waals surface area contributed by atoms with Crippen molar-refractivity contribution in [1.29, 1.82) is 0 Å². The number of hydrogen-bond acceptors (Lipinski definition) is 7. The van der Waals surface area contributed by atoms with E-state index in [1.54, 1.807) is 0 Å². The molecular weight excluding hydrogens is 433 g/mol. The molecule has 29 heavy (non-hydrogen) atoms. The second-order valence-electron chi connectivity index (χ2n) is 5.56. The summed E-state index contributed by atoms with van der Waals surface area (Å²) < 4.78 is 34.7. The monoisotopic (exact) mass is 448 g/mol. The van der Waals surface area contributed by atoms with Crippen LogP contribution in [-0.2, 0) is 15.4 Å². The minimum Gasteiger partial charge on any atom is -0.465 e. The van der Waals surface area contributed by atoms with Crippen LogP contribution in [0.2, 0.25) is 10.3 Å². The molecule has 0 aliphatic rings. The number of rotatable bonds is 4. The van der Waals surface area contributed by atoms with Crippen molar-refractivity contribution >= 4 is 40.9 Å². The van der Waals surface area contributed by atoms with Crippen LogP contribution in [0.5, 0.6) is 0 Å². The van der Waals surface area contributed by atoms with E-state index < -0.39 is 23.6 Å². The fraction of sp³-hybridized carbons (Fsp3) is 0.278. The highest BCUT2D eigenvalue weighted by Crippen LogP contribution is 2.27. The lowest BCUT2D eigenvalue weighted by atomic mass is 10.2. The summed E-state index contributed by atoms with van der Waals surface area (Å²) in [6, 6.07) is 4.82. The van der Waals surface area contributed by atoms with Crippen molar-refractivity contribution in [2.75, 3.05) is 14.2 Å². The van der Waals surface area contributed by atoms with Gasteiger partial charge in [-0.1, -0.05) is 23.2 Å². The maximum Gasteiger partial charge on any atom is 0.338 e. The number of nitrogens with zero attached hydrogens (tertiary/aromatic N) is 2. The van der Waals surface area contributed by atoms with Gasteiger partial charge in [0.1, 0.15) is 21.7 Å². The highest BCUT2D eigenvalue weighted by Gasteiger charge is 2.28. The second kappa shape index (κ2) is 10.2. The van der Waals surface area contributed by atoms with Crippen LogP contribution in [-0.4, -0.2) is 41.9 Å². The Bertz CT molecular complexity index is 933. The summed E-state index contributed by atoms with van der Waals surface area (Å²) in [7, 11) is 2.41. The Balaban J connectivity index is 0.000000291. The highest BCUT2D eigenvalue weighted by molar-refractivity contribution is 6.30. The molecule has 11 heteroatoms. The number of carbonyl (C=O) groups excluding carboxylic acids is 3. The van der Waals surface area contributed by atoms with Crippen molar-refractivity contribution in [3.8, 4) is 0 Å². The molecule has 0 spiro atoms. The Hall–Kier alpha value is -2.65. The van der Waals surface area contributed by atoms with Gasteiger partial charge < -0.3 is 9.47 Å². The van der Waals surface area contributed by atoms with Gasteiger partial charge in [-0.25, -0.2) is 19.6 Å². The van der Waals surface area contributed by atoms with Crippen LogP contribution in [0.25, 0.3) is 0 Å². The van der Waals surface area contributed by atoms with Gasteiger partial charge in [-0.3, -0.25) is 4.79 Å². The van der Waals surface area contributed by atoms with Gasteiger partial charge in [-0.05, 0) is 24.3 Å². The van der Waals surface area contributed by atoms with E-state index >= 15 is 0 Å². The number of alkyl halides is 2. The third-order valence-electron chi connectivity index (χ3n) is 3.24. The molecule has 7 nitrogen and oxygen atoms in total. The molecule has 0 unspecified atom stereocenters. The molecule has 0 amide bonds. The van der Waals surface area contributed by atoms with Crippen LogP contribution >= 0.6 is 23.2 Å². The zero-order valence-corrected chi connectivity index (χ0v) is 17.3. The number of hydrogen-bond donors (Lipinski definition) is 0. The number of pyridine rings is 2. The lowest BCUT2D eigenvalue weighted by molar-refractivity contribution is 0.0126. The van der Waals surface area contributed by atoms with Crippen LogP contribution in [0.1, 0.15) is 50.7 Å². The van der Waals surface area contributed by atoms with Crippen molar-refractivity contribution in [3.63, 3.8) is 0 Å². The Morgan fingerprint density at radius 1 is 0.897 bits per heavy atom. The first-order valence-corrected chi connectivity index (χ1v) is 8.55. The SMILES string of the molecule is COC(=O)c1cc(Cl)nc(C(C)(F)F)c1.COC(=O)c1cc(Cl)nc(C(C)=O)c1. The predicted molar refractivity (Wildman–Crippen MR) is 101 cm³/mol. The van der Waals surface area contributed by atoms with Gasteiger partial charge in [0.2, 0.25) is 0 Å². The maximum absolute atomic E-state index is 12.9. The van der Waals surface area contributed by atoms with E-state index in [1.165, 1.54) is 32.2 Å². The van der Waals surface area contributed by atoms with Gasteiger partial charge in [0.25, 0.3) is 5.92 Å². The van der Waals surface area contributed by atoms with E-state index in [0.717, 1.165) is 13.2 Å². The molecule has 0 radical (unpaired) electrons. The first kappa shape index (κ1) is 24.4. The van der Waals surface area contributed by atoms with E-state index in [1.807, 2.05) is 0 Å². The van der Waals surface area contributed by atoms with E-state index in [4.69, 9.17) is 23.2 Å². The zero-order valence-electron chi connectivity index (χ0n) is 15.8. The Morgan fingerprint density at radius 2 is 1.34 bits per heavy atom. The topological polar surface area (TPSA) is 95.5 Å². The zero-order chi connectivity index (χ0) is 22.4. The Labute approximate surface area is 175 Å². The maximum atomic E-state index is 12.9. The quantitative estimate of drug-likeness (QED) is 0.389. The fourth-order valence-corrected chi connectivity index (χ4v) is 2.29. The molecule has 0 saturated heterocycles. The normalized spacial score (nSPS) is 10.5. The molecule has 0 aromatic carbocycles. The van der Waals surface area contributed by atoms with E-state index in [2.05, 4.69) is 19.4 Å². The second-order valence-corrected chi connectivity index (χ2v) is 6.33. The molecular formula is C18H16Cl2F2N2O5. The minimum atomic E-state index is -3.15. The number of carbonyl (C=O) groups is 3. The van der Waals surface area contributed by atoms with Crippen molar-refractivity contribution in [3.05, 3.63) is 57.1 Å². The van der Waals surface area contributed by atoms with Gasteiger partial charge in [-0.15, -0.1) is 0 Å². The summed E-state index contributed by atoms with van der Waals surface area (Å²) in [6.07, 6.45) is 0. The molecule has 0 atom stereocenters. The fourth-order valence-electron chi connectivity index (χ4n) is 1.87. The summed E-state index contributed by atoms with van der Waals surface area (Å²) >= 11 is 11.1. The molecule has 0 bridgehead atoms. The molecule has 2 rings (SSSR count). The molecule has 2 aromatic rings. The average Bonchev–Trinajstić information content (AvgIpc) is 2.65. The minimum absolute atomic E-state index is 0.0472. The Morgan fingerprint density at radius 3 is 1.76 bits per heavy atom. The van der Waals surface area contributed by atoms with Gasteiger partial charge in [0.05, 0.1) is 25.3 Å². The number of ether oxygens (including phenoxy) is 2. The number of Topliss-reactive ketones (excluding diaryl/α,β-unsaturated/α-hetero) is 1. The summed E-state index contributed by atoms with van der Waals surface area (Å²) in [4.78, 5) is 40.4. The van der Waals surface area contributed by atoms with Crippen LogP contribution in [0, 0.1) is 0 Å². The molecule has 2 heterocycles. The highest BCUT2D eigenvalue weighted by atomic mass is 35.5. The lowest BCUT2D eigenvalue weighted by Gasteiger charge is -2.10. The van der Waals surface area contributed by atoms with Gasteiger partial charge in [0, 0.05) is 13.8 Å². The number of methoxy groups -OCH3 is 2. The molecule has 156 valence electrons. The predicted octanol–water partition coefficient (Wildman–Crippen LogP) is 4.36. The summed E-state index contributed by atoms with van der Waals surface area (Å²) in [5.74, 6) is -4.67. The van der Waals surface area contributed by atoms with Gasteiger partial charge in [0.15, 0.2) is 5.78 Å². The molecule has 0 saturated carbocycles. The first-order valence-electron chi connectivity index (χ1n) is 7.80. The van der Waals surface area contributed by atoms with Crippen molar-refractivity contribution in [2.24, 2.45) is 0 Å². The number of esters is 2. The van der Waals surface area contributed by atoms with Crippen molar-refractivity contribution in [2.45, 2.75) is 19.8 Å². The number of ketones is 1. The van der Waals surface area contributed by atoms with Crippen LogP contribution in [0.3, 0.4) is 0 Å². The van der Waals surface area contributed by atoms with Gasteiger partial charge >= 0.3 is 11.9 Å². The van der Waals surface area contributed by atoms with E-state index in [0.29, 0.717) is 6.92 Å². The summed E-state index contributed by atoms with van der Waals surface area (Å²) in [6.45, 7) is 2.02. The largest absolute Gasteiger partial charge is 0.465 e. The third-order valence-corrected chi connectivity index (χ3v) is 3.63. The summed E-state index contributed by atoms with van der Waals surface area (Å²) in [5.41, 5.74) is -0.236. The van der Waals surface area contributed by atoms with Gasteiger partial charge in [-0.2, -0.15) is 8.78 Å². The first-order chi connectivity index (χ1) is 13.4. The smallest absolute Gasteiger partial charge is 0.338 e. The molecule has 2 aromatic heterocycles. The van der Waals surface area contributed by atoms with Crippen LogP contribution in [0.15, 0.2) is 24.3 Å². The lowest BCUT2D eigenvalue weighted by Crippen LogP contribution is -2.12. The van der Waals surface area contributed by atoms with Crippen molar-refractivity contribution in [1.82, 2.24) is 9.97 Å². The standard InChI is InChI=1S/C9H8ClF2NO2.C9H8ClNO3/c1-9(11,12)6-3-5(8(14)15-2)4-7(10)13-6;1-5(12)7-3-6(9(13)14-2)4-8(10)11-7/h3-4H,1-2H3;3-4H,1-2H3. The van der Waals surface area contributed by atoms with Crippen LogP contribution < -0.4 is 0 Å². The third kappa shape index (κ3) is 7.35. The number of aromatic nitrogens is 2. The molecule has 0 aliphatic carbocycles. The Kier molecular flexibility index (Phi) is 8.59. The molecule has 0 fully saturated rings. The van der Waals surface area contributed by atoms with E-state index in [-0.39, 0.29) is 32.9 Å².